The number of hydrogen-bond donors (Lipinski definition) is 0. The summed E-state index contributed by atoms with van der Waals surface area (Å²) in [6.45, 7) is 5.80. The minimum absolute atomic E-state index is 0.208. The van der Waals surface area contributed by atoms with E-state index in [-0.39, 0.29) is 6.09 Å². The van der Waals surface area contributed by atoms with Gasteiger partial charge in [-0.1, -0.05) is 0 Å². The molecule has 0 aliphatic rings. The Kier molecular flexibility index (Phi) is 8.84. The lowest BCUT2D eigenvalue weighted by molar-refractivity contribution is 0.104. The normalized spacial score (nSPS) is 9.93. The van der Waals surface area contributed by atoms with Gasteiger partial charge in [0.15, 0.2) is 0 Å². The summed E-state index contributed by atoms with van der Waals surface area (Å²) in [5.74, 6) is 0.685. The quantitative estimate of drug-likeness (QED) is 0.489. The molecule has 0 atom stereocenters. The number of alkyl halides is 1. The summed E-state index contributed by atoms with van der Waals surface area (Å²) in [6.07, 6.45) is 2.71. The van der Waals surface area contributed by atoms with Gasteiger partial charge in [0, 0.05) is 19.0 Å². The van der Waals surface area contributed by atoms with Crippen LogP contribution in [0.3, 0.4) is 0 Å². The molecule has 0 unspecified atom stereocenters. The van der Waals surface area contributed by atoms with Crippen molar-refractivity contribution < 1.29 is 9.53 Å². The van der Waals surface area contributed by atoms with Crippen LogP contribution in [0, 0.1) is 0 Å². The Bertz CT molecular complexity index is 149. The van der Waals surface area contributed by atoms with E-state index in [2.05, 4.69) is 0 Å². The molecule has 0 radical (unpaired) electrons. The Morgan fingerprint density at radius 3 is 2.36 bits per heavy atom. The van der Waals surface area contributed by atoms with Crippen molar-refractivity contribution in [1.82, 2.24) is 4.90 Å². The highest BCUT2D eigenvalue weighted by atomic mass is 35.5. The molecule has 0 aliphatic heterocycles. The summed E-state index contributed by atoms with van der Waals surface area (Å²) in [6, 6.07) is 0. The Balaban J connectivity index is 3.43. The minimum atomic E-state index is -0.208. The first-order valence-electron chi connectivity index (χ1n) is 5.23. The monoisotopic (exact) mass is 221 g/mol. The smallest absolute Gasteiger partial charge is 0.409 e. The molecule has 0 aromatic heterocycles. The number of carbonyl (C=O) groups is 1. The van der Waals surface area contributed by atoms with Crippen molar-refractivity contribution in [1.29, 1.82) is 0 Å². The molecular formula is C10H20ClNO2. The van der Waals surface area contributed by atoms with Gasteiger partial charge in [-0.25, -0.2) is 4.79 Å². The standard InChI is InChI=1S/C10H20ClNO2/c1-3-12(4-2)10(13)14-9-7-5-6-8-11/h3-9H2,1-2H3. The van der Waals surface area contributed by atoms with Crippen LogP contribution in [0.15, 0.2) is 0 Å². The fourth-order valence-electron chi connectivity index (χ4n) is 1.11. The molecule has 0 rings (SSSR count). The predicted octanol–water partition coefficient (Wildman–Crippen LogP) is 2.87. The van der Waals surface area contributed by atoms with Gasteiger partial charge in [0.25, 0.3) is 0 Å². The first-order valence-corrected chi connectivity index (χ1v) is 5.77. The molecule has 0 aromatic carbocycles. The van der Waals surface area contributed by atoms with Crippen LogP contribution in [0.1, 0.15) is 33.1 Å². The van der Waals surface area contributed by atoms with Crippen LogP contribution in [-0.4, -0.2) is 36.6 Å². The van der Waals surface area contributed by atoms with Gasteiger partial charge in [-0.2, -0.15) is 0 Å². The van der Waals surface area contributed by atoms with Gasteiger partial charge in [-0.3, -0.25) is 0 Å². The molecule has 0 saturated heterocycles. The second kappa shape index (κ2) is 9.13. The molecule has 1 amide bonds. The maximum atomic E-state index is 11.3. The van der Waals surface area contributed by atoms with Crippen LogP contribution in [0.25, 0.3) is 0 Å². The summed E-state index contributed by atoms with van der Waals surface area (Å²) in [5, 5.41) is 0. The fraction of sp³-hybridized carbons (Fsp3) is 0.900. The molecule has 0 aliphatic carbocycles. The second-order valence-corrected chi connectivity index (χ2v) is 3.41. The van der Waals surface area contributed by atoms with Crippen molar-refractivity contribution in [2.75, 3.05) is 25.6 Å². The summed E-state index contributed by atoms with van der Waals surface area (Å²) in [5.41, 5.74) is 0. The third kappa shape index (κ3) is 6.08. The average Bonchev–Trinajstić information content (AvgIpc) is 2.19. The number of amides is 1. The number of rotatable bonds is 7. The summed E-state index contributed by atoms with van der Waals surface area (Å²) in [7, 11) is 0. The first-order chi connectivity index (χ1) is 6.76. The van der Waals surface area contributed by atoms with Gasteiger partial charge in [-0.15, -0.1) is 11.6 Å². The Morgan fingerprint density at radius 2 is 1.86 bits per heavy atom. The Hall–Kier alpha value is -0.440. The third-order valence-corrected chi connectivity index (χ3v) is 2.29. The van der Waals surface area contributed by atoms with Gasteiger partial charge in [-0.05, 0) is 33.1 Å². The van der Waals surface area contributed by atoms with E-state index in [4.69, 9.17) is 16.3 Å². The SMILES string of the molecule is CCN(CC)C(=O)OCCCCCCl. The van der Waals surface area contributed by atoms with Crippen LogP contribution in [0.5, 0.6) is 0 Å². The molecule has 0 heterocycles. The van der Waals surface area contributed by atoms with E-state index in [1.807, 2.05) is 13.8 Å². The van der Waals surface area contributed by atoms with Gasteiger partial charge in [0.1, 0.15) is 0 Å². The largest absolute Gasteiger partial charge is 0.449 e. The van der Waals surface area contributed by atoms with Crippen molar-refractivity contribution in [2.45, 2.75) is 33.1 Å². The lowest BCUT2D eigenvalue weighted by atomic mass is 10.3. The number of carbonyl (C=O) groups excluding carboxylic acids is 1. The van der Waals surface area contributed by atoms with E-state index < -0.39 is 0 Å². The minimum Gasteiger partial charge on any atom is -0.449 e. The van der Waals surface area contributed by atoms with Gasteiger partial charge < -0.3 is 9.64 Å². The van der Waals surface area contributed by atoms with Gasteiger partial charge in [0.05, 0.1) is 6.61 Å². The van der Waals surface area contributed by atoms with E-state index in [1.165, 1.54) is 0 Å². The molecule has 0 saturated carbocycles. The van der Waals surface area contributed by atoms with Gasteiger partial charge in [0.2, 0.25) is 0 Å². The molecule has 0 N–H and O–H groups in total. The highest BCUT2D eigenvalue weighted by Crippen LogP contribution is 1.99. The van der Waals surface area contributed by atoms with Gasteiger partial charge >= 0.3 is 6.09 Å². The third-order valence-electron chi connectivity index (χ3n) is 2.03. The second-order valence-electron chi connectivity index (χ2n) is 3.04. The average molecular weight is 222 g/mol. The number of ether oxygens (including phenoxy) is 1. The molecule has 3 nitrogen and oxygen atoms in total. The van der Waals surface area contributed by atoms with E-state index in [0.717, 1.165) is 19.3 Å². The van der Waals surface area contributed by atoms with Crippen molar-refractivity contribution in [3.05, 3.63) is 0 Å². The fourth-order valence-corrected chi connectivity index (χ4v) is 1.29. The number of hydrogen-bond acceptors (Lipinski definition) is 2. The highest BCUT2D eigenvalue weighted by Gasteiger charge is 2.09. The Labute approximate surface area is 91.4 Å². The van der Waals surface area contributed by atoms with E-state index >= 15 is 0 Å². The summed E-state index contributed by atoms with van der Waals surface area (Å²) >= 11 is 5.52. The zero-order chi connectivity index (χ0) is 10.8. The highest BCUT2D eigenvalue weighted by molar-refractivity contribution is 6.17. The van der Waals surface area contributed by atoms with Crippen molar-refractivity contribution in [3.63, 3.8) is 0 Å². The molecule has 84 valence electrons. The number of halogens is 1. The molecular weight excluding hydrogens is 202 g/mol. The topological polar surface area (TPSA) is 29.5 Å². The zero-order valence-corrected chi connectivity index (χ0v) is 9.85. The molecule has 14 heavy (non-hydrogen) atoms. The van der Waals surface area contributed by atoms with Crippen LogP contribution >= 0.6 is 11.6 Å². The zero-order valence-electron chi connectivity index (χ0n) is 9.09. The van der Waals surface area contributed by atoms with Crippen LogP contribution < -0.4 is 0 Å². The lowest BCUT2D eigenvalue weighted by Crippen LogP contribution is -2.31. The Morgan fingerprint density at radius 1 is 1.21 bits per heavy atom. The van der Waals surface area contributed by atoms with Crippen molar-refractivity contribution in [2.24, 2.45) is 0 Å². The van der Waals surface area contributed by atoms with E-state index in [9.17, 15) is 4.79 Å². The lowest BCUT2D eigenvalue weighted by Gasteiger charge is -2.17. The summed E-state index contributed by atoms with van der Waals surface area (Å²) in [4.78, 5) is 13.0. The van der Waals surface area contributed by atoms with E-state index in [1.54, 1.807) is 4.90 Å². The molecule has 0 bridgehead atoms. The number of unbranched alkanes of at least 4 members (excludes halogenated alkanes) is 2. The molecule has 0 fully saturated rings. The summed E-state index contributed by atoms with van der Waals surface area (Å²) < 4.78 is 5.08. The number of nitrogens with zero attached hydrogens (tertiary/aromatic N) is 1. The van der Waals surface area contributed by atoms with Crippen molar-refractivity contribution >= 4 is 17.7 Å². The van der Waals surface area contributed by atoms with Crippen molar-refractivity contribution in [3.8, 4) is 0 Å². The molecule has 0 aromatic rings. The predicted molar refractivity (Wildman–Crippen MR) is 58.8 cm³/mol. The van der Waals surface area contributed by atoms with Crippen LogP contribution in [0.2, 0.25) is 0 Å². The van der Waals surface area contributed by atoms with E-state index in [0.29, 0.717) is 25.6 Å². The maximum absolute atomic E-state index is 11.3. The molecule has 4 heteroatoms. The maximum Gasteiger partial charge on any atom is 0.409 e. The van der Waals surface area contributed by atoms with Crippen LogP contribution in [0.4, 0.5) is 4.79 Å². The first kappa shape index (κ1) is 13.6. The molecule has 0 spiro atoms. The van der Waals surface area contributed by atoms with Crippen LogP contribution in [-0.2, 0) is 4.74 Å².